The monoisotopic (exact) mass is 477 g/mol. The summed E-state index contributed by atoms with van der Waals surface area (Å²) in [5.41, 5.74) is 1.03. The van der Waals surface area contributed by atoms with Crippen LogP contribution < -0.4 is 4.74 Å². The predicted molar refractivity (Wildman–Crippen MR) is 117 cm³/mol. The van der Waals surface area contributed by atoms with Crippen molar-refractivity contribution in [3.63, 3.8) is 0 Å². The van der Waals surface area contributed by atoms with Crippen LogP contribution in [0.3, 0.4) is 0 Å². The first-order valence-electron chi connectivity index (χ1n) is 9.31. The molecule has 1 aliphatic carbocycles. The van der Waals surface area contributed by atoms with Crippen LogP contribution in [-0.4, -0.2) is 49.4 Å². The van der Waals surface area contributed by atoms with Gasteiger partial charge >= 0.3 is 0 Å². The summed E-state index contributed by atoms with van der Waals surface area (Å²) in [7, 11) is -3.14. The van der Waals surface area contributed by atoms with E-state index >= 15 is 0 Å². The molecule has 29 heavy (non-hydrogen) atoms. The molecule has 1 amide bonds. The first kappa shape index (κ1) is 22.5. The Hall–Kier alpha value is -1.21. The van der Waals surface area contributed by atoms with Gasteiger partial charge in [0.05, 0.1) is 16.5 Å². The number of hydrogen-bond donors (Lipinski definition) is 0. The second-order valence-electron chi connectivity index (χ2n) is 7.30. The molecule has 1 aliphatic heterocycles. The Balaban J connectivity index is 1.79. The van der Waals surface area contributed by atoms with Crippen LogP contribution in [0.2, 0.25) is 10.0 Å². The molecule has 1 aromatic rings. The number of rotatable bonds is 6. The molecule has 0 radical (unpaired) electrons. The van der Waals surface area contributed by atoms with Gasteiger partial charge in [-0.05, 0) is 50.5 Å². The fourth-order valence-corrected chi connectivity index (χ4v) is 5.80. The first-order valence-corrected chi connectivity index (χ1v) is 12.3. The third-order valence-electron chi connectivity index (χ3n) is 5.04. The number of hydrogen-bond acceptors (Lipinski definition) is 4. The molecule has 1 heterocycles. The van der Waals surface area contributed by atoms with Gasteiger partial charge in [0.25, 0.3) is 5.91 Å². The Morgan fingerprint density at radius 1 is 1.24 bits per heavy atom. The molecule has 1 fully saturated rings. The highest BCUT2D eigenvalue weighted by atomic mass is 35.5. The highest BCUT2D eigenvalue weighted by Crippen LogP contribution is 2.30. The lowest BCUT2D eigenvalue weighted by Gasteiger charge is -2.32. The number of amides is 1. The van der Waals surface area contributed by atoms with Crippen molar-refractivity contribution in [3.8, 4) is 5.75 Å². The number of ether oxygens (including phenoxy) is 1. The van der Waals surface area contributed by atoms with E-state index < -0.39 is 15.9 Å². The summed E-state index contributed by atoms with van der Waals surface area (Å²) < 4.78 is 29.8. The minimum Gasteiger partial charge on any atom is -0.479 e. The largest absolute Gasteiger partial charge is 0.479 e. The van der Waals surface area contributed by atoms with E-state index in [0.717, 1.165) is 17.0 Å². The number of halogens is 3. The SMILES string of the molecule is C[C@@H](Oc1ccc(Cl)cc1Cl)C(=O)N(CC1=CC=C(Cl)CC1)[C@H]1CCS(=O)(=O)C1. The Kier molecular flexibility index (Phi) is 7.20. The zero-order valence-electron chi connectivity index (χ0n) is 15.9. The molecule has 1 aromatic carbocycles. The van der Waals surface area contributed by atoms with Crippen LogP contribution >= 0.6 is 34.8 Å². The third kappa shape index (κ3) is 5.91. The Morgan fingerprint density at radius 3 is 2.59 bits per heavy atom. The van der Waals surface area contributed by atoms with E-state index in [0.29, 0.717) is 35.2 Å². The minimum atomic E-state index is -3.14. The summed E-state index contributed by atoms with van der Waals surface area (Å²) in [6.45, 7) is 1.98. The summed E-state index contributed by atoms with van der Waals surface area (Å²) in [6.07, 6.45) is 4.76. The molecule has 0 saturated carbocycles. The lowest BCUT2D eigenvalue weighted by molar-refractivity contribution is -0.139. The number of allylic oxidation sites excluding steroid dienone is 3. The van der Waals surface area contributed by atoms with Gasteiger partial charge in [0.1, 0.15) is 5.75 Å². The molecule has 3 rings (SSSR count). The smallest absolute Gasteiger partial charge is 0.263 e. The number of nitrogens with zero attached hydrogens (tertiary/aromatic N) is 1. The van der Waals surface area contributed by atoms with Gasteiger partial charge < -0.3 is 9.64 Å². The summed E-state index contributed by atoms with van der Waals surface area (Å²) in [6, 6.07) is 4.40. The zero-order chi connectivity index (χ0) is 21.2. The van der Waals surface area contributed by atoms with Crippen LogP contribution in [0, 0.1) is 0 Å². The molecule has 0 bridgehead atoms. The zero-order valence-corrected chi connectivity index (χ0v) is 19.0. The molecule has 0 N–H and O–H groups in total. The van der Waals surface area contributed by atoms with Crippen molar-refractivity contribution in [1.29, 1.82) is 0 Å². The molecule has 9 heteroatoms. The van der Waals surface area contributed by atoms with Crippen molar-refractivity contribution < 1.29 is 17.9 Å². The summed E-state index contributed by atoms with van der Waals surface area (Å²) in [5, 5.41) is 1.54. The van der Waals surface area contributed by atoms with Crippen molar-refractivity contribution in [3.05, 3.63) is 51.0 Å². The fourth-order valence-electron chi connectivity index (χ4n) is 3.46. The highest BCUT2D eigenvalue weighted by Gasteiger charge is 2.37. The second kappa shape index (κ2) is 9.29. The van der Waals surface area contributed by atoms with Crippen molar-refractivity contribution >= 4 is 50.5 Å². The van der Waals surface area contributed by atoms with Crippen LogP contribution in [0.4, 0.5) is 0 Å². The molecule has 0 unspecified atom stereocenters. The number of carbonyl (C=O) groups is 1. The Morgan fingerprint density at radius 2 is 2.00 bits per heavy atom. The summed E-state index contributed by atoms with van der Waals surface area (Å²) >= 11 is 18.1. The van der Waals surface area contributed by atoms with Crippen LogP contribution in [0.5, 0.6) is 5.75 Å². The molecular weight excluding hydrogens is 457 g/mol. The van der Waals surface area contributed by atoms with Crippen LogP contribution in [0.25, 0.3) is 0 Å². The van der Waals surface area contributed by atoms with Gasteiger partial charge in [0.2, 0.25) is 0 Å². The van der Waals surface area contributed by atoms with Crippen molar-refractivity contribution in [2.24, 2.45) is 0 Å². The number of sulfone groups is 1. The Bertz CT molecular complexity index is 958. The first-order chi connectivity index (χ1) is 13.6. The quantitative estimate of drug-likeness (QED) is 0.598. The molecule has 1 saturated heterocycles. The average molecular weight is 479 g/mol. The molecule has 158 valence electrons. The minimum absolute atomic E-state index is 0.0307. The Labute approximate surface area is 186 Å². The fraction of sp³-hybridized carbons (Fsp3) is 0.450. The van der Waals surface area contributed by atoms with Gasteiger partial charge in [-0.3, -0.25) is 4.79 Å². The van der Waals surface area contributed by atoms with Gasteiger partial charge in [-0.2, -0.15) is 0 Å². The van der Waals surface area contributed by atoms with Gasteiger partial charge in [0, 0.05) is 22.6 Å². The maximum Gasteiger partial charge on any atom is 0.263 e. The molecule has 0 aromatic heterocycles. The lowest BCUT2D eigenvalue weighted by Crippen LogP contribution is -2.48. The summed E-state index contributed by atoms with van der Waals surface area (Å²) in [5.74, 6) is 0.129. The van der Waals surface area contributed by atoms with E-state index in [4.69, 9.17) is 39.5 Å². The van der Waals surface area contributed by atoms with Gasteiger partial charge in [-0.25, -0.2) is 8.42 Å². The summed E-state index contributed by atoms with van der Waals surface area (Å²) in [4.78, 5) is 14.9. The van der Waals surface area contributed by atoms with Gasteiger partial charge in [-0.1, -0.05) is 46.5 Å². The van der Waals surface area contributed by atoms with E-state index in [-0.39, 0.29) is 23.5 Å². The molecule has 0 spiro atoms. The molecule has 2 aliphatic rings. The number of benzene rings is 1. The standard InChI is InChI=1S/C20H22Cl3NO4S/c1-13(28-19-7-6-16(22)10-18(19)23)20(25)24(17-8-9-29(26,27)12-17)11-14-2-4-15(21)5-3-14/h2,4,6-7,10,13,17H,3,5,8-9,11-12H2,1H3/t13-,17+/m1/s1. The average Bonchev–Trinajstić information content (AvgIpc) is 3.02. The van der Waals surface area contributed by atoms with Crippen molar-refractivity contribution in [1.82, 2.24) is 4.90 Å². The van der Waals surface area contributed by atoms with Gasteiger partial charge in [-0.15, -0.1) is 0 Å². The van der Waals surface area contributed by atoms with E-state index in [1.54, 1.807) is 30.0 Å². The lowest BCUT2D eigenvalue weighted by atomic mass is 10.0. The number of carbonyl (C=O) groups excluding carboxylic acids is 1. The van der Waals surface area contributed by atoms with Crippen LogP contribution in [0.1, 0.15) is 26.2 Å². The highest BCUT2D eigenvalue weighted by molar-refractivity contribution is 7.91. The molecule has 5 nitrogen and oxygen atoms in total. The maximum absolute atomic E-state index is 13.2. The van der Waals surface area contributed by atoms with Crippen LogP contribution in [0.15, 0.2) is 41.0 Å². The molecule has 2 atom stereocenters. The molecular formula is C20H22Cl3NO4S. The van der Waals surface area contributed by atoms with Gasteiger partial charge in [0.15, 0.2) is 15.9 Å². The normalized spacial score (nSPS) is 21.9. The third-order valence-corrected chi connectivity index (χ3v) is 7.63. The van der Waals surface area contributed by atoms with E-state index in [2.05, 4.69) is 0 Å². The van der Waals surface area contributed by atoms with Crippen molar-refractivity contribution in [2.45, 2.75) is 38.3 Å². The van der Waals surface area contributed by atoms with E-state index in [1.165, 1.54) is 0 Å². The predicted octanol–water partition coefficient (Wildman–Crippen LogP) is 4.62. The maximum atomic E-state index is 13.2. The second-order valence-corrected chi connectivity index (χ2v) is 10.9. The van der Waals surface area contributed by atoms with Crippen molar-refractivity contribution in [2.75, 3.05) is 18.1 Å². The van der Waals surface area contributed by atoms with E-state index in [9.17, 15) is 13.2 Å². The van der Waals surface area contributed by atoms with E-state index in [1.807, 2.05) is 12.2 Å². The topological polar surface area (TPSA) is 63.7 Å². The van der Waals surface area contributed by atoms with Crippen LogP contribution in [-0.2, 0) is 14.6 Å².